The van der Waals surface area contributed by atoms with Crippen molar-refractivity contribution in [1.82, 2.24) is 9.55 Å². The Bertz CT molecular complexity index is 2540. The van der Waals surface area contributed by atoms with E-state index < -0.39 is 0 Å². The van der Waals surface area contributed by atoms with Crippen LogP contribution in [-0.2, 0) is 0 Å². The van der Waals surface area contributed by atoms with Crippen molar-refractivity contribution < 1.29 is 0 Å². The molecule has 7 aromatic carbocycles. The topological polar surface area (TPSA) is 22.2 Å². The van der Waals surface area contributed by atoms with Gasteiger partial charge in [-0.05, 0) is 40.6 Å². The minimum Gasteiger partial charge on any atom is -0.310 e. The van der Waals surface area contributed by atoms with Crippen molar-refractivity contribution in [3.05, 3.63) is 151 Å². The summed E-state index contributed by atoms with van der Waals surface area (Å²) in [5.41, 5.74) is 8.20. The Labute approximate surface area is 247 Å². The molecule has 2 heterocycles. The molecular weight excluding hydrogens is 522 g/mol. The Hall–Kier alpha value is -5.98. The maximum Gasteiger partial charge on any atom is 0.189 e. The molecule has 0 aliphatic carbocycles. The van der Waals surface area contributed by atoms with E-state index >= 15 is 0 Å². The molecule has 9 aromatic rings. The predicted molar refractivity (Wildman–Crippen MR) is 180 cm³/mol. The summed E-state index contributed by atoms with van der Waals surface area (Å²) in [6.07, 6.45) is 0. The zero-order valence-corrected chi connectivity index (χ0v) is 23.1. The Balaban J connectivity index is 1.41. The zero-order valence-electron chi connectivity index (χ0n) is 23.1. The minimum absolute atomic E-state index is 0.637. The first-order valence-electron chi connectivity index (χ1n) is 14.4. The van der Waals surface area contributed by atoms with Gasteiger partial charge in [-0.1, -0.05) is 115 Å². The van der Waals surface area contributed by atoms with E-state index in [1.165, 1.54) is 21.7 Å². The second-order valence-corrected chi connectivity index (χ2v) is 11.1. The average Bonchev–Trinajstić information content (AvgIpc) is 3.40. The lowest BCUT2D eigenvalue weighted by Gasteiger charge is -2.16. The van der Waals surface area contributed by atoms with Crippen LogP contribution in [0.1, 0.15) is 0 Å². The molecule has 3 heteroatoms. The van der Waals surface area contributed by atoms with Crippen LogP contribution >= 0.6 is 0 Å². The fraction of sp³-hybridized carbons (Fsp3) is 0. The van der Waals surface area contributed by atoms with Crippen LogP contribution in [0, 0.1) is 6.57 Å². The van der Waals surface area contributed by atoms with Gasteiger partial charge in [-0.2, -0.15) is 0 Å². The van der Waals surface area contributed by atoms with E-state index in [-0.39, 0.29) is 0 Å². The fourth-order valence-electron chi connectivity index (χ4n) is 6.83. The first-order chi connectivity index (χ1) is 21.3. The molecule has 2 aromatic heterocycles. The Morgan fingerprint density at radius 2 is 1.09 bits per heavy atom. The van der Waals surface area contributed by atoms with Crippen LogP contribution < -0.4 is 0 Å². The van der Waals surface area contributed by atoms with Gasteiger partial charge >= 0.3 is 0 Å². The summed E-state index contributed by atoms with van der Waals surface area (Å²) in [6, 6.07) is 49.2. The van der Waals surface area contributed by atoms with Crippen molar-refractivity contribution in [3.8, 4) is 16.8 Å². The number of fused-ring (bicyclic) bond motifs is 9. The quantitative estimate of drug-likeness (QED) is 0.120. The van der Waals surface area contributed by atoms with Gasteiger partial charge in [0, 0.05) is 49.1 Å². The molecule has 0 bridgehead atoms. The molecule has 43 heavy (non-hydrogen) atoms. The van der Waals surface area contributed by atoms with E-state index in [0.29, 0.717) is 5.69 Å². The SMILES string of the molecule is [C-]#[N+]c1ccc2c3ccccc3n(-c3cccc(-c4c5ccc6ccccc6c5nc5c4ccc4ccccc45)c3)c2c1. The van der Waals surface area contributed by atoms with Crippen molar-refractivity contribution >= 4 is 70.8 Å². The van der Waals surface area contributed by atoms with E-state index in [1.807, 2.05) is 12.1 Å². The average molecular weight is 546 g/mol. The molecule has 0 fully saturated rings. The molecule has 0 aliphatic rings. The number of para-hydroxylation sites is 1. The van der Waals surface area contributed by atoms with Gasteiger partial charge < -0.3 is 4.57 Å². The Morgan fingerprint density at radius 1 is 0.488 bits per heavy atom. The van der Waals surface area contributed by atoms with Gasteiger partial charge in [-0.15, -0.1) is 0 Å². The van der Waals surface area contributed by atoms with E-state index in [0.717, 1.165) is 60.2 Å². The molecule has 198 valence electrons. The van der Waals surface area contributed by atoms with Crippen LogP contribution in [-0.4, -0.2) is 9.55 Å². The maximum absolute atomic E-state index is 7.65. The zero-order chi connectivity index (χ0) is 28.5. The third kappa shape index (κ3) is 3.44. The van der Waals surface area contributed by atoms with E-state index in [4.69, 9.17) is 11.6 Å². The molecule has 0 aliphatic heterocycles. The van der Waals surface area contributed by atoms with Crippen molar-refractivity contribution in [2.45, 2.75) is 0 Å². The number of hydrogen-bond acceptors (Lipinski definition) is 1. The smallest absolute Gasteiger partial charge is 0.189 e. The number of rotatable bonds is 2. The second-order valence-electron chi connectivity index (χ2n) is 11.1. The van der Waals surface area contributed by atoms with Gasteiger partial charge in [-0.3, -0.25) is 0 Å². The lowest BCUT2D eigenvalue weighted by molar-refractivity contribution is 1.18. The Kier molecular flexibility index (Phi) is 4.97. The van der Waals surface area contributed by atoms with Crippen LogP contribution in [0.4, 0.5) is 5.69 Å². The predicted octanol–water partition coefficient (Wildman–Crippen LogP) is 11.0. The molecule has 0 amide bonds. The molecule has 0 N–H and O–H groups in total. The van der Waals surface area contributed by atoms with Crippen molar-refractivity contribution in [2.75, 3.05) is 0 Å². The first kappa shape index (κ1) is 23.7. The lowest BCUT2D eigenvalue weighted by atomic mass is 9.92. The van der Waals surface area contributed by atoms with Crippen molar-refractivity contribution in [1.29, 1.82) is 0 Å². The summed E-state index contributed by atoms with van der Waals surface area (Å²) in [5, 5.41) is 9.27. The molecule has 3 nitrogen and oxygen atoms in total. The summed E-state index contributed by atoms with van der Waals surface area (Å²) >= 11 is 0. The van der Waals surface area contributed by atoms with Gasteiger partial charge in [0.1, 0.15) is 0 Å². The molecule has 0 radical (unpaired) electrons. The lowest BCUT2D eigenvalue weighted by Crippen LogP contribution is -1.96. The molecular formula is C40H23N3. The van der Waals surface area contributed by atoms with Gasteiger partial charge in [0.15, 0.2) is 5.69 Å². The normalized spacial score (nSPS) is 11.7. The molecule has 0 saturated heterocycles. The Morgan fingerprint density at radius 3 is 1.79 bits per heavy atom. The fourth-order valence-corrected chi connectivity index (χ4v) is 6.83. The van der Waals surface area contributed by atoms with Crippen molar-refractivity contribution in [3.63, 3.8) is 0 Å². The molecule has 0 atom stereocenters. The summed E-state index contributed by atoms with van der Waals surface area (Å²) in [4.78, 5) is 9.10. The highest BCUT2D eigenvalue weighted by Gasteiger charge is 2.17. The maximum atomic E-state index is 7.65. The number of aromatic nitrogens is 2. The number of nitrogens with zero attached hydrogens (tertiary/aromatic N) is 3. The third-order valence-electron chi connectivity index (χ3n) is 8.74. The van der Waals surface area contributed by atoms with E-state index in [1.54, 1.807) is 0 Å². The number of hydrogen-bond donors (Lipinski definition) is 0. The van der Waals surface area contributed by atoms with Crippen LogP contribution in [0.25, 0.3) is 86.8 Å². The molecule has 9 rings (SSSR count). The van der Waals surface area contributed by atoms with Crippen LogP contribution in [0.15, 0.2) is 140 Å². The van der Waals surface area contributed by atoms with Gasteiger partial charge in [0.05, 0.1) is 23.1 Å². The second kappa shape index (κ2) is 9.01. The summed E-state index contributed by atoms with van der Waals surface area (Å²) < 4.78 is 2.29. The number of benzene rings is 7. The highest BCUT2D eigenvalue weighted by Crippen LogP contribution is 2.41. The van der Waals surface area contributed by atoms with Gasteiger partial charge in [-0.25, -0.2) is 9.83 Å². The minimum atomic E-state index is 0.637. The molecule has 0 saturated carbocycles. The largest absolute Gasteiger partial charge is 0.310 e. The standard InChI is InChI=1S/C40H23N3/c1-41-28-19-22-33-32-15-6-7-16-36(32)43(37(33)24-28)29-12-8-11-27(23-29)38-34-20-17-25-9-2-4-13-30(25)39(34)42-40-31-14-5-3-10-26(31)18-21-35(38)40/h2-24H. The highest BCUT2D eigenvalue weighted by molar-refractivity contribution is 6.21. The highest BCUT2D eigenvalue weighted by atomic mass is 15.0. The van der Waals surface area contributed by atoms with Gasteiger partial charge in [0.2, 0.25) is 0 Å². The molecule has 0 unspecified atom stereocenters. The number of pyridine rings is 1. The van der Waals surface area contributed by atoms with Gasteiger partial charge in [0.25, 0.3) is 0 Å². The van der Waals surface area contributed by atoms with Crippen LogP contribution in [0.3, 0.4) is 0 Å². The summed E-state index contributed by atoms with van der Waals surface area (Å²) in [7, 11) is 0. The monoisotopic (exact) mass is 545 g/mol. The van der Waals surface area contributed by atoms with E-state index in [2.05, 4.69) is 137 Å². The van der Waals surface area contributed by atoms with Crippen LogP contribution in [0.2, 0.25) is 0 Å². The van der Waals surface area contributed by atoms with Crippen LogP contribution in [0.5, 0.6) is 0 Å². The third-order valence-corrected chi connectivity index (χ3v) is 8.74. The summed E-state index contributed by atoms with van der Waals surface area (Å²) in [5.74, 6) is 0. The van der Waals surface area contributed by atoms with Crippen molar-refractivity contribution in [2.24, 2.45) is 0 Å². The molecule has 0 spiro atoms. The first-order valence-corrected chi connectivity index (χ1v) is 14.4. The summed E-state index contributed by atoms with van der Waals surface area (Å²) in [6.45, 7) is 7.65. The van der Waals surface area contributed by atoms with E-state index in [9.17, 15) is 0 Å².